The van der Waals surface area contributed by atoms with Crippen LogP contribution in [0.15, 0.2) is 0 Å². The standard InChI is InChI=1S/C8H14BrNO/c1-2-6-3-7(6)5-10-8(11)4-9/h6-7H,2-5H2,1H3,(H,10,11). The molecule has 0 aromatic rings. The summed E-state index contributed by atoms with van der Waals surface area (Å²) >= 11 is 3.11. The molecule has 64 valence electrons. The van der Waals surface area contributed by atoms with Crippen LogP contribution in [0.1, 0.15) is 19.8 Å². The van der Waals surface area contributed by atoms with Crippen molar-refractivity contribution >= 4 is 21.8 Å². The van der Waals surface area contributed by atoms with Gasteiger partial charge >= 0.3 is 0 Å². The molecular formula is C8H14BrNO. The van der Waals surface area contributed by atoms with Crippen molar-refractivity contribution in [1.29, 1.82) is 0 Å². The minimum absolute atomic E-state index is 0.103. The van der Waals surface area contributed by atoms with E-state index < -0.39 is 0 Å². The normalized spacial score (nSPS) is 28.2. The molecular weight excluding hydrogens is 206 g/mol. The van der Waals surface area contributed by atoms with Crippen molar-refractivity contribution in [2.75, 3.05) is 11.9 Å². The molecule has 2 nitrogen and oxygen atoms in total. The van der Waals surface area contributed by atoms with Crippen molar-refractivity contribution in [2.45, 2.75) is 19.8 Å². The van der Waals surface area contributed by atoms with Crippen LogP contribution in [0, 0.1) is 11.8 Å². The van der Waals surface area contributed by atoms with Gasteiger partial charge in [0.25, 0.3) is 0 Å². The fourth-order valence-corrected chi connectivity index (χ4v) is 1.55. The average molecular weight is 220 g/mol. The van der Waals surface area contributed by atoms with Crippen molar-refractivity contribution in [3.8, 4) is 0 Å². The Labute approximate surface area is 75.9 Å². The lowest BCUT2D eigenvalue weighted by Gasteiger charge is -2.00. The topological polar surface area (TPSA) is 29.1 Å². The predicted molar refractivity (Wildman–Crippen MR) is 48.7 cm³/mol. The second-order valence-corrected chi connectivity index (χ2v) is 3.66. The Kier molecular flexibility index (Phi) is 3.37. The number of carbonyl (C=O) groups excluding carboxylic acids is 1. The quantitative estimate of drug-likeness (QED) is 0.715. The molecule has 11 heavy (non-hydrogen) atoms. The van der Waals surface area contributed by atoms with Crippen molar-refractivity contribution in [1.82, 2.24) is 5.32 Å². The molecule has 3 heteroatoms. The Morgan fingerprint density at radius 2 is 2.36 bits per heavy atom. The molecule has 1 saturated carbocycles. The van der Waals surface area contributed by atoms with E-state index in [9.17, 15) is 4.79 Å². The number of hydrogen-bond donors (Lipinski definition) is 1. The maximum atomic E-state index is 10.8. The largest absolute Gasteiger partial charge is 0.355 e. The van der Waals surface area contributed by atoms with Crippen molar-refractivity contribution in [3.63, 3.8) is 0 Å². The first-order valence-electron chi connectivity index (χ1n) is 4.10. The minimum atomic E-state index is 0.103. The number of carbonyl (C=O) groups is 1. The van der Waals surface area contributed by atoms with Gasteiger partial charge in [-0.3, -0.25) is 4.79 Å². The van der Waals surface area contributed by atoms with E-state index >= 15 is 0 Å². The lowest BCUT2D eigenvalue weighted by atomic mass is 10.2. The molecule has 1 aliphatic carbocycles. The molecule has 0 aromatic carbocycles. The Balaban J connectivity index is 2.01. The van der Waals surface area contributed by atoms with Gasteiger partial charge in [-0.1, -0.05) is 29.3 Å². The SMILES string of the molecule is CCC1CC1CNC(=O)CBr. The number of nitrogens with one attached hydrogen (secondary N) is 1. The first-order valence-corrected chi connectivity index (χ1v) is 5.22. The summed E-state index contributed by atoms with van der Waals surface area (Å²) in [4.78, 5) is 10.8. The highest BCUT2D eigenvalue weighted by molar-refractivity contribution is 9.09. The predicted octanol–water partition coefficient (Wildman–Crippen LogP) is 1.54. The first kappa shape index (κ1) is 9.04. The van der Waals surface area contributed by atoms with E-state index in [1.807, 2.05) is 0 Å². The van der Waals surface area contributed by atoms with E-state index in [0.29, 0.717) is 5.33 Å². The number of halogens is 1. The Bertz CT molecular complexity index is 149. The zero-order valence-electron chi connectivity index (χ0n) is 6.77. The number of rotatable bonds is 4. The summed E-state index contributed by atoms with van der Waals surface area (Å²) in [6, 6.07) is 0. The Morgan fingerprint density at radius 3 is 2.82 bits per heavy atom. The second kappa shape index (κ2) is 4.10. The average Bonchev–Trinajstić information content (AvgIpc) is 2.78. The fourth-order valence-electron chi connectivity index (χ4n) is 1.35. The summed E-state index contributed by atoms with van der Waals surface area (Å²) < 4.78 is 0. The zero-order valence-corrected chi connectivity index (χ0v) is 8.36. The lowest BCUT2D eigenvalue weighted by molar-refractivity contribution is -0.118. The van der Waals surface area contributed by atoms with Gasteiger partial charge < -0.3 is 5.32 Å². The Hall–Kier alpha value is -0.0500. The molecule has 2 unspecified atom stereocenters. The molecule has 0 spiro atoms. The molecule has 0 aromatic heterocycles. The van der Waals surface area contributed by atoms with E-state index in [1.54, 1.807) is 0 Å². The highest BCUT2D eigenvalue weighted by Crippen LogP contribution is 2.40. The molecule has 0 saturated heterocycles. The van der Waals surface area contributed by atoms with Crippen molar-refractivity contribution < 1.29 is 4.79 Å². The zero-order chi connectivity index (χ0) is 8.27. The third-order valence-electron chi connectivity index (χ3n) is 2.28. The van der Waals surface area contributed by atoms with E-state index in [4.69, 9.17) is 0 Å². The van der Waals surface area contributed by atoms with E-state index in [0.717, 1.165) is 18.4 Å². The fraction of sp³-hybridized carbons (Fsp3) is 0.875. The summed E-state index contributed by atoms with van der Waals surface area (Å²) in [6.45, 7) is 3.08. The molecule has 1 N–H and O–H groups in total. The van der Waals surface area contributed by atoms with Crippen molar-refractivity contribution in [2.24, 2.45) is 11.8 Å². The molecule has 0 aliphatic heterocycles. The van der Waals surface area contributed by atoms with Crippen LogP contribution in [0.4, 0.5) is 0 Å². The van der Waals surface area contributed by atoms with Crippen LogP contribution in [-0.4, -0.2) is 17.8 Å². The molecule has 0 bridgehead atoms. The molecule has 2 atom stereocenters. The highest BCUT2D eigenvalue weighted by atomic mass is 79.9. The summed E-state index contributed by atoms with van der Waals surface area (Å²) in [5.41, 5.74) is 0. The summed E-state index contributed by atoms with van der Waals surface area (Å²) in [5, 5.41) is 3.30. The van der Waals surface area contributed by atoms with Crippen LogP contribution >= 0.6 is 15.9 Å². The maximum absolute atomic E-state index is 10.8. The number of alkyl halides is 1. The van der Waals surface area contributed by atoms with E-state index in [2.05, 4.69) is 28.2 Å². The Morgan fingerprint density at radius 1 is 1.64 bits per heavy atom. The molecule has 1 fully saturated rings. The summed E-state index contributed by atoms with van der Waals surface area (Å²) in [5.74, 6) is 1.75. The van der Waals surface area contributed by atoms with Gasteiger partial charge in [0.15, 0.2) is 0 Å². The number of hydrogen-bond acceptors (Lipinski definition) is 1. The second-order valence-electron chi connectivity index (χ2n) is 3.10. The van der Waals surface area contributed by atoms with Crippen LogP contribution in [0.5, 0.6) is 0 Å². The molecule has 0 heterocycles. The van der Waals surface area contributed by atoms with Gasteiger partial charge in [0.05, 0.1) is 5.33 Å². The monoisotopic (exact) mass is 219 g/mol. The lowest BCUT2D eigenvalue weighted by Crippen LogP contribution is -2.26. The van der Waals surface area contributed by atoms with Crippen molar-refractivity contribution in [3.05, 3.63) is 0 Å². The van der Waals surface area contributed by atoms with Crippen LogP contribution in [0.2, 0.25) is 0 Å². The van der Waals surface area contributed by atoms with E-state index in [-0.39, 0.29) is 5.91 Å². The smallest absolute Gasteiger partial charge is 0.230 e. The van der Waals surface area contributed by atoms with Gasteiger partial charge in [-0.25, -0.2) is 0 Å². The highest BCUT2D eigenvalue weighted by Gasteiger charge is 2.34. The molecule has 1 rings (SSSR count). The minimum Gasteiger partial charge on any atom is -0.355 e. The maximum Gasteiger partial charge on any atom is 0.230 e. The van der Waals surface area contributed by atoms with Crippen LogP contribution in [-0.2, 0) is 4.79 Å². The molecule has 0 radical (unpaired) electrons. The van der Waals surface area contributed by atoms with Gasteiger partial charge in [0, 0.05) is 6.54 Å². The van der Waals surface area contributed by atoms with Gasteiger partial charge in [-0.2, -0.15) is 0 Å². The van der Waals surface area contributed by atoms with Gasteiger partial charge in [-0.05, 0) is 18.3 Å². The van der Waals surface area contributed by atoms with Gasteiger partial charge in [-0.15, -0.1) is 0 Å². The van der Waals surface area contributed by atoms with E-state index in [1.165, 1.54) is 12.8 Å². The number of amides is 1. The third-order valence-corrected chi connectivity index (χ3v) is 2.79. The molecule has 1 aliphatic rings. The van der Waals surface area contributed by atoms with Crippen LogP contribution < -0.4 is 5.32 Å². The molecule has 1 amide bonds. The summed E-state index contributed by atoms with van der Waals surface area (Å²) in [7, 11) is 0. The third kappa shape index (κ3) is 2.81. The summed E-state index contributed by atoms with van der Waals surface area (Å²) in [6.07, 6.45) is 2.56. The van der Waals surface area contributed by atoms with Crippen LogP contribution in [0.25, 0.3) is 0 Å². The van der Waals surface area contributed by atoms with Crippen LogP contribution in [0.3, 0.4) is 0 Å². The van der Waals surface area contributed by atoms with Gasteiger partial charge in [0.2, 0.25) is 5.91 Å². The first-order chi connectivity index (χ1) is 5.27. The van der Waals surface area contributed by atoms with Gasteiger partial charge in [0.1, 0.15) is 0 Å².